The van der Waals surface area contributed by atoms with Gasteiger partial charge in [0.2, 0.25) is 0 Å². The molecular weight excluding hydrogens is 1380 g/mol. The second-order valence-corrected chi connectivity index (χ2v) is 34.9. The fraction of sp³-hybridized carbons (Fsp3) is 0.954. The number of phosphoric ester groups is 2. The third-order valence-corrected chi connectivity index (χ3v) is 22.7. The Hall–Kier alpha value is -1.94. The molecule has 630 valence electrons. The maximum atomic E-state index is 13.2. The van der Waals surface area contributed by atoms with Gasteiger partial charge in [-0.3, -0.25) is 37.3 Å². The lowest BCUT2D eigenvalue weighted by atomic mass is 9.99. The summed E-state index contributed by atoms with van der Waals surface area (Å²) in [6.07, 6.45) is 70.8. The molecule has 0 saturated carbocycles. The van der Waals surface area contributed by atoms with Crippen LogP contribution in [0.4, 0.5) is 0 Å². The average molecular weight is 1550 g/mol. The first kappa shape index (κ1) is 104. The molecule has 3 unspecified atom stereocenters. The zero-order chi connectivity index (χ0) is 77.8. The Morgan fingerprint density at radius 3 is 0.717 bits per heavy atom. The molecule has 0 amide bonds. The number of hydrogen-bond acceptors (Lipinski definition) is 15. The van der Waals surface area contributed by atoms with Gasteiger partial charge in [0.05, 0.1) is 26.4 Å². The number of carbonyl (C=O) groups excluding carboxylic acids is 4. The van der Waals surface area contributed by atoms with E-state index in [4.69, 9.17) is 37.0 Å². The molecule has 0 fully saturated rings. The number of aliphatic hydroxyl groups excluding tert-OH is 1. The lowest BCUT2D eigenvalue weighted by Crippen LogP contribution is -2.30. The summed E-state index contributed by atoms with van der Waals surface area (Å²) in [4.78, 5) is 73.2. The standard InChI is InChI=1S/C87H170O17P2/c1-7-10-12-14-16-18-20-21-22-23-24-25-29-32-35-39-46-52-58-64-70-85(90)98-76-82(103-86(91)71-65-59-53-47-40-36-33-30-27-26-28-31-34-38-43-49-55-61-67-79(4)5)77-101-105(93,94)99-73-81(88)74-100-106(95,96)102-78-83(75-97-84(89)69-63-57-51-45-37-19-17-15-13-11-8-2)104-87(92)72-66-60-54-48-42-41-44-50-56-62-68-80(6)9-3/h79-83,88H,7-78H2,1-6H3,(H,93,94)(H,95,96)/t80?,81-,82-,83-/m1/s1. The highest BCUT2D eigenvalue weighted by molar-refractivity contribution is 7.47. The number of esters is 4. The minimum atomic E-state index is -4.97. The van der Waals surface area contributed by atoms with E-state index in [2.05, 4.69) is 41.5 Å². The molecule has 6 atom stereocenters. The number of unbranched alkanes of at least 4 members (excludes halogenated alkanes) is 55. The number of carbonyl (C=O) groups is 4. The maximum Gasteiger partial charge on any atom is 0.472 e. The lowest BCUT2D eigenvalue weighted by Gasteiger charge is -2.21. The summed E-state index contributed by atoms with van der Waals surface area (Å²) in [6.45, 7) is 9.73. The van der Waals surface area contributed by atoms with Crippen LogP contribution in [0.1, 0.15) is 465 Å². The van der Waals surface area contributed by atoms with E-state index in [1.165, 1.54) is 283 Å². The Morgan fingerprint density at radius 2 is 0.481 bits per heavy atom. The van der Waals surface area contributed by atoms with Crippen LogP contribution in [0.15, 0.2) is 0 Å². The minimum absolute atomic E-state index is 0.107. The van der Waals surface area contributed by atoms with Crippen LogP contribution in [0, 0.1) is 11.8 Å². The van der Waals surface area contributed by atoms with Crippen LogP contribution in [-0.4, -0.2) is 96.7 Å². The van der Waals surface area contributed by atoms with E-state index in [-0.39, 0.29) is 25.7 Å². The molecule has 17 nitrogen and oxygen atoms in total. The summed E-state index contributed by atoms with van der Waals surface area (Å²) < 4.78 is 68.9. The molecule has 0 aliphatic rings. The zero-order valence-corrected chi connectivity index (χ0v) is 71.5. The molecule has 106 heavy (non-hydrogen) atoms. The number of ether oxygens (including phenoxy) is 4. The normalized spacial score (nSPS) is 14.1. The Morgan fingerprint density at radius 1 is 0.274 bits per heavy atom. The van der Waals surface area contributed by atoms with Crippen molar-refractivity contribution in [3.8, 4) is 0 Å². The highest BCUT2D eigenvalue weighted by atomic mass is 31.2. The molecule has 3 N–H and O–H groups in total. The van der Waals surface area contributed by atoms with Gasteiger partial charge >= 0.3 is 39.5 Å². The fourth-order valence-corrected chi connectivity index (χ4v) is 15.1. The van der Waals surface area contributed by atoms with Gasteiger partial charge in [0, 0.05) is 25.7 Å². The number of rotatable bonds is 86. The summed E-state index contributed by atoms with van der Waals surface area (Å²) in [5.74, 6) is -0.477. The molecule has 19 heteroatoms. The van der Waals surface area contributed by atoms with Crippen LogP contribution in [0.5, 0.6) is 0 Å². The van der Waals surface area contributed by atoms with Crippen molar-refractivity contribution in [2.75, 3.05) is 39.6 Å². The maximum absolute atomic E-state index is 13.2. The second-order valence-electron chi connectivity index (χ2n) is 32.0. The molecule has 0 spiro atoms. The van der Waals surface area contributed by atoms with Crippen molar-refractivity contribution in [1.29, 1.82) is 0 Å². The van der Waals surface area contributed by atoms with Crippen molar-refractivity contribution in [2.45, 2.75) is 484 Å². The average Bonchev–Trinajstić information content (AvgIpc) is 0.900. The van der Waals surface area contributed by atoms with Gasteiger partial charge in [-0.05, 0) is 37.5 Å². The summed E-state index contributed by atoms with van der Waals surface area (Å²) in [6, 6.07) is 0. The molecule has 0 aromatic heterocycles. The van der Waals surface area contributed by atoms with Crippen molar-refractivity contribution >= 4 is 39.5 Å². The van der Waals surface area contributed by atoms with Crippen molar-refractivity contribution < 1.29 is 80.2 Å². The van der Waals surface area contributed by atoms with Crippen molar-refractivity contribution in [3.63, 3.8) is 0 Å². The van der Waals surface area contributed by atoms with Gasteiger partial charge in [0.15, 0.2) is 12.2 Å². The number of aliphatic hydroxyl groups is 1. The molecule has 0 saturated heterocycles. The minimum Gasteiger partial charge on any atom is -0.462 e. The van der Waals surface area contributed by atoms with E-state index in [1.54, 1.807) is 0 Å². The van der Waals surface area contributed by atoms with Crippen molar-refractivity contribution in [1.82, 2.24) is 0 Å². The highest BCUT2D eigenvalue weighted by Crippen LogP contribution is 2.45. The van der Waals surface area contributed by atoms with E-state index in [0.717, 1.165) is 102 Å². The largest absolute Gasteiger partial charge is 0.472 e. The fourth-order valence-electron chi connectivity index (χ4n) is 13.6. The SMILES string of the molecule is CCCCCCCCCCCCCCCCCCCCCCC(=O)OC[C@H](COP(=O)(O)OC[C@@H](O)COP(=O)(O)OC[C@@H](COC(=O)CCCCCCCCCCCCC)OC(=O)CCCCCCCCCCCCC(C)CC)OC(=O)CCCCCCCCCCCCCCCCCCCCC(C)C. The third kappa shape index (κ3) is 78.7. The first-order valence-corrected chi connectivity index (χ1v) is 48.0. The van der Waals surface area contributed by atoms with Gasteiger partial charge in [-0.1, -0.05) is 414 Å². The Bertz CT molecular complexity index is 2030. The smallest absolute Gasteiger partial charge is 0.462 e. The quantitative estimate of drug-likeness (QED) is 0.0222. The molecular formula is C87H170O17P2. The predicted octanol–water partition coefficient (Wildman–Crippen LogP) is 26.6. The summed E-state index contributed by atoms with van der Waals surface area (Å²) >= 11 is 0. The van der Waals surface area contributed by atoms with E-state index in [1.807, 2.05) is 0 Å². The number of hydrogen-bond donors (Lipinski definition) is 3. The van der Waals surface area contributed by atoms with Gasteiger partial charge in [-0.15, -0.1) is 0 Å². The molecule has 0 heterocycles. The Balaban J connectivity index is 5.23. The summed E-state index contributed by atoms with van der Waals surface area (Å²) in [5.41, 5.74) is 0. The van der Waals surface area contributed by atoms with E-state index >= 15 is 0 Å². The molecule has 0 aliphatic heterocycles. The molecule has 0 rings (SSSR count). The van der Waals surface area contributed by atoms with E-state index < -0.39 is 97.5 Å². The van der Waals surface area contributed by atoms with E-state index in [9.17, 15) is 43.2 Å². The van der Waals surface area contributed by atoms with Crippen LogP contribution in [0.25, 0.3) is 0 Å². The molecule has 0 aromatic rings. The van der Waals surface area contributed by atoms with Gasteiger partial charge in [0.25, 0.3) is 0 Å². The van der Waals surface area contributed by atoms with Crippen molar-refractivity contribution in [2.24, 2.45) is 11.8 Å². The van der Waals surface area contributed by atoms with Gasteiger partial charge in [-0.25, -0.2) is 9.13 Å². The van der Waals surface area contributed by atoms with Crippen LogP contribution >= 0.6 is 15.6 Å². The van der Waals surface area contributed by atoms with Crippen LogP contribution in [0.2, 0.25) is 0 Å². The van der Waals surface area contributed by atoms with Gasteiger partial charge < -0.3 is 33.8 Å². The molecule has 0 aliphatic carbocycles. The number of phosphoric acid groups is 2. The van der Waals surface area contributed by atoms with E-state index in [0.29, 0.717) is 25.7 Å². The Kier molecular flexibility index (Phi) is 76.9. The van der Waals surface area contributed by atoms with Crippen LogP contribution in [0.3, 0.4) is 0 Å². The van der Waals surface area contributed by atoms with Crippen molar-refractivity contribution in [3.05, 3.63) is 0 Å². The first-order chi connectivity index (χ1) is 51.4. The van der Waals surface area contributed by atoms with Gasteiger partial charge in [-0.2, -0.15) is 0 Å². The topological polar surface area (TPSA) is 237 Å². The van der Waals surface area contributed by atoms with Gasteiger partial charge in [0.1, 0.15) is 19.3 Å². The third-order valence-electron chi connectivity index (χ3n) is 20.8. The van der Waals surface area contributed by atoms with Crippen LogP contribution < -0.4 is 0 Å². The van der Waals surface area contributed by atoms with Crippen LogP contribution in [-0.2, 0) is 65.4 Å². The molecule has 0 radical (unpaired) electrons. The molecule has 0 aromatic carbocycles. The second kappa shape index (κ2) is 78.3. The molecule has 0 bridgehead atoms. The Labute approximate surface area is 651 Å². The summed E-state index contributed by atoms with van der Waals surface area (Å²) in [5, 5.41) is 10.7. The predicted molar refractivity (Wildman–Crippen MR) is 437 cm³/mol. The first-order valence-electron chi connectivity index (χ1n) is 45.0. The summed E-state index contributed by atoms with van der Waals surface area (Å²) in [7, 11) is -9.93. The zero-order valence-electron chi connectivity index (χ0n) is 69.7. The highest BCUT2D eigenvalue weighted by Gasteiger charge is 2.30. The lowest BCUT2D eigenvalue weighted by molar-refractivity contribution is -0.161. The monoisotopic (exact) mass is 1550 g/mol.